The lowest BCUT2D eigenvalue weighted by Crippen LogP contribution is -2.19. The minimum Gasteiger partial charge on any atom is -0.396 e. The van der Waals surface area contributed by atoms with Gasteiger partial charge in [0, 0.05) is 19.7 Å². The summed E-state index contributed by atoms with van der Waals surface area (Å²) in [6.45, 7) is 2.94. The van der Waals surface area contributed by atoms with E-state index in [0.717, 1.165) is 24.2 Å². The average molecular weight is 141 g/mol. The summed E-state index contributed by atoms with van der Waals surface area (Å²) in [5.74, 6) is 2.76. The van der Waals surface area contributed by atoms with E-state index < -0.39 is 0 Å². The Morgan fingerprint density at radius 2 is 2.00 bits per heavy atom. The van der Waals surface area contributed by atoms with Crippen LogP contribution >= 0.6 is 0 Å². The third kappa shape index (κ3) is 0.867. The van der Waals surface area contributed by atoms with Crippen LogP contribution < -0.4 is 0 Å². The van der Waals surface area contributed by atoms with E-state index in [4.69, 9.17) is 5.11 Å². The molecule has 2 unspecified atom stereocenters. The van der Waals surface area contributed by atoms with Crippen LogP contribution in [0.5, 0.6) is 0 Å². The summed E-state index contributed by atoms with van der Waals surface area (Å²) in [4.78, 5) is 2.39. The number of hydrogen-bond donors (Lipinski definition) is 1. The number of hydrogen-bond acceptors (Lipinski definition) is 2. The molecular formula is C8H15NO. The number of aliphatic hydroxyl groups excluding tert-OH is 1. The van der Waals surface area contributed by atoms with Gasteiger partial charge in [0.05, 0.1) is 0 Å². The fraction of sp³-hybridized carbons (Fsp3) is 1.00. The molecule has 1 heterocycles. The molecule has 2 rings (SSSR count). The van der Waals surface area contributed by atoms with Gasteiger partial charge in [0.2, 0.25) is 0 Å². The first-order chi connectivity index (χ1) is 4.83. The van der Waals surface area contributed by atoms with Crippen molar-refractivity contribution in [3.63, 3.8) is 0 Å². The van der Waals surface area contributed by atoms with E-state index in [-0.39, 0.29) is 0 Å². The monoisotopic (exact) mass is 141 g/mol. The molecule has 1 saturated heterocycles. The van der Waals surface area contributed by atoms with Crippen molar-refractivity contribution in [2.24, 2.45) is 17.8 Å². The molecule has 10 heavy (non-hydrogen) atoms. The summed E-state index contributed by atoms with van der Waals surface area (Å²) < 4.78 is 0. The first-order valence-electron chi connectivity index (χ1n) is 4.12. The molecule has 2 nitrogen and oxygen atoms in total. The van der Waals surface area contributed by atoms with Crippen molar-refractivity contribution < 1.29 is 5.11 Å². The van der Waals surface area contributed by atoms with Gasteiger partial charge in [-0.15, -0.1) is 0 Å². The lowest BCUT2D eigenvalue weighted by atomic mass is 10.2. The molecule has 0 bridgehead atoms. The van der Waals surface area contributed by atoms with Crippen molar-refractivity contribution in [3.05, 3.63) is 0 Å². The number of aliphatic hydroxyl groups is 1. The second-order valence-corrected chi connectivity index (χ2v) is 3.73. The van der Waals surface area contributed by atoms with Crippen molar-refractivity contribution in [2.75, 3.05) is 26.7 Å². The predicted octanol–water partition coefficient (Wildman–Crippen LogP) is 0.176. The maximum atomic E-state index is 8.68. The summed E-state index contributed by atoms with van der Waals surface area (Å²) in [5.41, 5.74) is 0. The zero-order valence-electron chi connectivity index (χ0n) is 6.45. The minimum atomic E-state index is 0.390. The molecule has 2 heteroatoms. The van der Waals surface area contributed by atoms with E-state index >= 15 is 0 Å². The van der Waals surface area contributed by atoms with Gasteiger partial charge in [0.1, 0.15) is 0 Å². The van der Waals surface area contributed by atoms with Crippen molar-refractivity contribution in [1.82, 2.24) is 4.90 Å². The second-order valence-electron chi connectivity index (χ2n) is 3.73. The van der Waals surface area contributed by atoms with Gasteiger partial charge in [-0.05, 0) is 31.2 Å². The second kappa shape index (κ2) is 2.21. The SMILES string of the molecule is CN1CC2C(CCO)C2C1. The fourth-order valence-electron chi connectivity index (χ4n) is 2.44. The predicted molar refractivity (Wildman–Crippen MR) is 39.7 cm³/mol. The standard InChI is InChI=1S/C8H15NO/c1-9-4-7-6(2-3-10)8(7)5-9/h6-8,10H,2-5H2,1H3. The first-order valence-corrected chi connectivity index (χ1v) is 4.12. The smallest absolute Gasteiger partial charge is 0.0433 e. The molecule has 0 aromatic carbocycles. The van der Waals surface area contributed by atoms with Gasteiger partial charge in [-0.25, -0.2) is 0 Å². The molecule has 0 spiro atoms. The van der Waals surface area contributed by atoms with Gasteiger partial charge in [-0.2, -0.15) is 0 Å². The third-order valence-electron chi connectivity index (χ3n) is 3.02. The normalized spacial score (nSPS) is 45.6. The van der Waals surface area contributed by atoms with E-state index in [2.05, 4.69) is 11.9 Å². The number of rotatable bonds is 2. The Morgan fingerprint density at radius 1 is 1.40 bits per heavy atom. The highest BCUT2D eigenvalue weighted by Crippen LogP contribution is 2.52. The Kier molecular flexibility index (Phi) is 1.46. The molecule has 0 radical (unpaired) electrons. The summed E-state index contributed by atoms with van der Waals surface area (Å²) in [6, 6.07) is 0. The highest BCUT2D eigenvalue weighted by molar-refractivity contribution is 5.03. The Labute approximate surface area is 61.8 Å². The topological polar surface area (TPSA) is 23.5 Å². The van der Waals surface area contributed by atoms with Gasteiger partial charge in [0.15, 0.2) is 0 Å². The quantitative estimate of drug-likeness (QED) is 0.593. The molecular weight excluding hydrogens is 126 g/mol. The largest absolute Gasteiger partial charge is 0.396 e. The minimum absolute atomic E-state index is 0.390. The van der Waals surface area contributed by atoms with Crippen LogP contribution in [-0.2, 0) is 0 Å². The molecule has 0 aromatic heterocycles. The van der Waals surface area contributed by atoms with Crippen LogP contribution in [0.2, 0.25) is 0 Å². The molecule has 1 saturated carbocycles. The number of fused-ring (bicyclic) bond motifs is 1. The summed E-state index contributed by atoms with van der Waals surface area (Å²) in [7, 11) is 2.18. The molecule has 2 fully saturated rings. The maximum Gasteiger partial charge on any atom is 0.0433 e. The van der Waals surface area contributed by atoms with Gasteiger partial charge in [0.25, 0.3) is 0 Å². The molecule has 0 amide bonds. The highest BCUT2D eigenvalue weighted by atomic mass is 16.3. The van der Waals surface area contributed by atoms with E-state index in [1.165, 1.54) is 13.1 Å². The van der Waals surface area contributed by atoms with Gasteiger partial charge in [-0.1, -0.05) is 0 Å². The van der Waals surface area contributed by atoms with E-state index in [1.54, 1.807) is 0 Å². The summed E-state index contributed by atoms with van der Waals surface area (Å²) >= 11 is 0. The van der Waals surface area contributed by atoms with Gasteiger partial charge >= 0.3 is 0 Å². The van der Waals surface area contributed by atoms with Crippen LogP contribution in [0.1, 0.15) is 6.42 Å². The van der Waals surface area contributed by atoms with Gasteiger partial charge < -0.3 is 10.0 Å². The van der Waals surface area contributed by atoms with E-state index in [0.29, 0.717) is 6.61 Å². The summed E-state index contributed by atoms with van der Waals surface area (Å²) in [5, 5.41) is 8.68. The molecule has 0 aromatic rings. The maximum absolute atomic E-state index is 8.68. The van der Waals surface area contributed by atoms with Crippen LogP contribution in [0.4, 0.5) is 0 Å². The zero-order valence-corrected chi connectivity index (χ0v) is 6.45. The van der Waals surface area contributed by atoms with Crippen molar-refractivity contribution >= 4 is 0 Å². The van der Waals surface area contributed by atoms with Crippen molar-refractivity contribution in [1.29, 1.82) is 0 Å². The van der Waals surface area contributed by atoms with E-state index in [1.807, 2.05) is 0 Å². The van der Waals surface area contributed by atoms with E-state index in [9.17, 15) is 0 Å². The number of likely N-dealkylation sites (tertiary alicyclic amines) is 1. The average Bonchev–Trinajstić information content (AvgIpc) is 2.43. The van der Waals surface area contributed by atoms with Crippen molar-refractivity contribution in [3.8, 4) is 0 Å². The van der Waals surface area contributed by atoms with Crippen molar-refractivity contribution in [2.45, 2.75) is 6.42 Å². The Balaban J connectivity index is 1.81. The molecule has 1 N–H and O–H groups in total. The zero-order chi connectivity index (χ0) is 7.14. The fourth-order valence-corrected chi connectivity index (χ4v) is 2.44. The van der Waals surface area contributed by atoms with Gasteiger partial charge in [-0.3, -0.25) is 0 Å². The molecule has 2 aliphatic rings. The van der Waals surface area contributed by atoms with Crippen LogP contribution in [-0.4, -0.2) is 36.8 Å². The Morgan fingerprint density at radius 3 is 2.50 bits per heavy atom. The van der Waals surface area contributed by atoms with Crippen LogP contribution in [0, 0.1) is 17.8 Å². The molecule has 1 aliphatic heterocycles. The van der Waals surface area contributed by atoms with Crippen LogP contribution in [0.25, 0.3) is 0 Å². The highest BCUT2D eigenvalue weighted by Gasteiger charge is 2.53. The third-order valence-corrected chi connectivity index (χ3v) is 3.02. The summed E-state index contributed by atoms with van der Waals surface area (Å²) in [6.07, 6.45) is 1.04. The molecule has 1 aliphatic carbocycles. The lowest BCUT2D eigenvalue weighted by molar-refractivity contribution is 0.258. The molecule has 2 atom stereocenters. The molecule has 58 valence electrons. The number of piperidine rings is 1. The van der Waals surface area contributed by atoms with Crippen LogP contribution in [0.15, 0.2) is 0 Å². The first kappa shape index (κ1) is 6.62. The lowest BCUT2D eigenvalue weighted by Gasteiger charge is -2.11. The van der Waals surface area contributed by atoms with Crippen LogP contribution in [0.3, 0.4) is 0 Å². The Hall–Kier alpha value is -0.0800. The Bertz CT molecular complexity index is 118. The number of nitrogens with zero attached hydrogens (tertiary/aromatic N) is 1.